The van der Waals surface area contributed by atoms with E-state index in [4.69, 9.17) is 25.7 Å². The number of carbonyl (C=O) groups is 6. The molecule has 61 heavy (non-hydrogen) atoms. The van der Waals surface area contributed by atoms with E-state index in [1.54, 1.807) is 59.9 Å². The minimum absolute atomic E-state index is 0.0229. The monoisotopic (exact) mass is 847 g/mol. The van der Waals surface area contributed by atoms with E-state index in [0.29, 0.717) is 11.1 Å². The number of cyclic esters (lactones) is 3. The predicted octanol–water partition coefficient (Wildman–Crippen LogP) is 2.91. The number of para-hydroxylation sites is 1. The van der Waals surface area contributed by atoms with Gasteiger partial charge in [-0.3, -0.25) is 19.4 Å². The van der Waals surface area contributed by atoms with Crippen LogP contribution in [0, 0.1) is 17.8 Å². The van der Waals surface area contributed by atoms with E-state index in [9.17, 15) is 33.9 Å². The van der Waals surface area contributed by atoms with Gasteiger partial charge in [0.15, 0.2) is 24.3 Å². The number of aromatic hydroxyl groups is 1. The Bertz CT molecular complexity index is 2060. The highest BCUT2D eigenvalue weighted by atomic mass is 16.6. The van der Waals surface area contributed by atoms with Gasteiger partial charge >= 0.3 is 17.9 Å². The molecule has 1 saturated heterocycles. The number of hydrogen-bond donors (Lipinski definition) is 4. The number of guanidine groups is 1. The Morgan fingerprint density at radius 1 is 0.705 bits per heavy atom. The molecule has 1 aliphatic rings. The van der Waals surface area contributed by atoms with E-state index in [1.807, 2.05) is 24.3 Å². The van der Waals surface area contributed by atoms with Crippen LogP contribution in [-0.2, 0) is 55.8 Å². The first-order valence-corrected chi connectivity index (χ1v) is 20.5. The van der Waals surface area contributed by atoms with Gasteiger partial charge in [-0.25, -0.2) is 14.4 Å². The zero-order valence-electron chi connectivity index (χ0n) is 36.5. The number of aliphatic imine (C=N–C) groups is 1. The Labute approximate surface area is 356 Å². The van der Waals surface area contributed by atoms with E-state index < -0.39 is 89.8 Å². The molecule has 2 aromatic carbocycles. The first-order valence-electron chi connectivity index (χ1n) is 20.5. The zero-order valence-corrected chi connectivity index (χ0v) is 36.5. The standard InChI is InChI=1S/C44H61N7O10/c1-24(2)35-43(58)61-36(25(3)4)39(54)50(8)33(22-28-23-48-31-14-11-10-13-30(28)31)41(56)59-34(15-12-20-47-44(45)46)38(53)49(7)32(21-27-16-18-29(52)19-17-27)42(57)60-37(26(5)6)40(55)51(35)9/h10-11,13-14,16-19,23-26,32-37,48,52H,12,15,20-22H2,1-9H3,(H4,45,46,47)/t32-,33-,34-,35-,36-,37-/m0/s1. The van der Waals surface area contributed by atoms with E-state index in [1.165, 1.54) is 33.3 Å². The number of ether oxygens (including phenoxy) is 3. The first-order chi connectivity index (χ1) is 28.7. The third kappa shape index (κ3) is 11.8. The van der Waals surface area contributed by atoms with Gasteiger partial charge in [0, 0.05) is 57.6 Å². The molecule has 3 aromatic rings. The second-order valence-corrected chi connectivity index (χ2v) is 16.6. The van der Waals surface area contributed by atoms with Crippen molar-refractivity contribution in [2.45, 2.75) is 104 Å². The summed E-state index contributed by atoms with van der Waals surface area (Å²) >= 11 is 0. The zero-order chi connectivity index (χ0) is 45.3. The molecule has 1 fully saturated rings. The maximum absolute atomic E-state index is 14.7. The van der Waals surface area contributed by atoms with Crippen molar-refractivity contribution in [1.29, 1.82) is 0 Å². The molecule has 6 atom stereocenters. The van der Waals surface area contributed by atoms with E-state index in [-0.39, 0.29) is 43.9 Å². The Balaban J connectivity index is 1.91. The summed E-state index contributed by atoms with van der Waals surface area (Å²) in [6.45, 7) is 10.2. The number of carbonyl (C=O) groups excluding carboxylic acids is 6. The number of hydrogen-bond acceptors (Lipinski definition) is 11. The number of rotatable bonds is 11. The van der Waals surface area contributed by atoms with Crippen LogP contribution in [0.1, 0.15) is 65.5 Å². The maximum Gasteiger partial charge on any atom is 0.329 e. The van der Waals surface area contributed by atoms with Gasteiger partial charge in [-0.15, -0.1) is 0 Å². The van der Waals surface area contributed by atoms with Crippen LogP contribution in [-0.4, -0.2) is 131 Å². The number of phenolic OH excluding ortho intramolecular Hbond substituents is 1. The van der Waals surface area contributed by atoms with Gasteiger partial charge < -0.3 is 50.5 Å². The first kappa shape index (κ1) is 47.5. The molecule has 4 rings (SSSR count). The average molecular weight is 848 g/mol. The SMILES string of the molecule is CC(C)[C@@H]1OC(=O)[C@H](Cc2ccc(O)cc2)N(C)C(=O)[C@H](CCCN=C(N)N)OC(=O)[C@H](Cc2c[nH]c3ccccc23)N(C)C(=O)[C@H](C(C)C)OC(=O)[C@H](C(C)C)N(C)C1=O. The largest absolute Gasteiger partial charge is 0.508 e. The van der Waals surface area contributed by atoms with Gasteiger partial charge in [-0.2, -0.15) is 0 Å². The summed E-state index contributed by atoms with van der Waals surface area (Å²) in [6.07, 6.45) is -2.72. The smallest absolute Gasteiger partial charge is 0.329 e. The summed E-state index contributed by atoms with van der Waals surface area (Å²) in [7, 11) is 4.16. The van der Waals surface area contributed by atoms with Crippen LogP contribution in [0.5, 0.6) is 5.75 Å². The van der Waals surface area contributed by atoms with Crippen molar-refractivity contribution in [1.82, 2.24) is 19.7 Å². The maximum atomic E-state index is 14.7. The molecular formula is C44H61N7O10. The number of aromatic nitrogens is 1. The van der Waals surface area contributed by atoms with Crippen LogP contribution in [0.4, 0.5) is 0 Å². The second-order valence-electron chi connectivity index (χ2n) is 16.6. The topological polar surface area (TPSA) is 240 Å². The van der Waals surface area contributed by atoms with E-state index in [2.05, 4.69) is 9.98 Å². The number of nitrogens with zero attached hydrogens (tertiary/aromatic N) is 4. The number of fused-ring (bicyclic) bond motifs is 1. The molecule has 0 aliphatic carbocycles. The molecule has 3 amide bonds. The number of aromatic amines is 1. The minimum Gasteiger partial charge on any atom is -0.508 e. The van der Waals surface area contributed by atoms with Crippen molar-refractivity contribution in [3.63, 3.8) is 0 Å². The highest BCUT2D eigenvalue weighted by molar-refractivity contribution is 5.94. The molecule has 2 heterocycles. The third-order valence-electron chi connectivity index (χ3n) is 10.9. The molecule has 332 valence electrons. The van der Waals surface area contributed by atoms with Gasteiger partial charge in [0.05, 0.1) is 0 Å². The number of amides is 3. The quantitative estimate of drug-likeness (QED) is 0.0717. The van der Waals surface area contributed by atoms with Gasteiger partial charge in [-0.1, -0.05) is 71.9 Å². The fraction of sp³-hybridized carbons (Fsp3) is 0.523. The molecule has 0 spiro atoms. The molecule has 17 nitrogen and oxygen atoms in total. The molecule has 6 N–H and O–H groups in total. The predicted molar refractivity (Wildman–Crippen MR) is 228 cm³/mol. The Kier molecular flexibility index (Phi) is 16.3. The molecule has 0 unspecified atom stereocenters. The fourth-order valence-corrected chi connectivity index (χ4v) is 7.35. The van der Waals surface area contributed by atoms with Crippen molar-refractivity contribution in [2.75, 3.05) is 27.7 Å². The number of phenols is 1. The van der Waals surface area contributed by atoms with Crippen LogP contribution in [0.3, 0.4) is 0 Å². The van der Waals surface area contributed by atoms with Gasteiger partial charge in [0.25, 0.3) is 17.7 Å². The molecule has 0 bridgehead atoms. The van der Waals surface area contributed by atoms with Crippen LogP contribution in [0.15, 0.2) is 59.7 Å². The number of benzene rings is 2. The lowest BCUT2D eigenvalue weighted by molar-refractivity contribution is -0.179. The number of nitrogens with one attached hydrogen (secondary N) is 1. The lowest BCUT2D eigenvalue weighted by Crippen LogP contribution is -2.56. The number of esters is 3. The molecule has 0 saturated carbocycles. The van der Waals surface area contributed by atoms with Crippen LogP contribution >= 0.6 is 0 Å². The molecule has 1 aliphatic heterocycles. The average Bonchev–Trinajstić information content (AvgIpc) is 3.62. The molecular weight excluding hydrogens is 787 g/mol. The van der Waals surface area contributed by atoms with Crippen LogP contribution in [0.2, 0.25) is 0 Å². The lowest BCUT2D eigenvalue weighted by Gasteiger charge is -2.37. The van der Waals surface area contributed by atoms with Gasteiger partial charge in [-0.05, 0) is 59.9 Å². The van der Waals surface area contributed by atoms with Gasteiger partial charge in [0.2, 0.25) is 0 Å². The minimum atomic E-state index is -1.52. The summed E-state index contributed by atoms with van der Waals surface area (Å²) in [5.41, 5.74) is 13.1. The van der Waals surface area contributed by atoms with Crippen LogP contribution in [0.25, 0.3) is 10.9 Å². The Hall–Kier alpha value is -6.13. The van der Waals surface area contributed by atoms with E-state index in [0.717, 1.165) is 25.6 Å². The van der Waals surface area contributed by atoms with Crippen molar-refractivity contribution in [3.05, 3.63) is 65.9 Å². The van der Waals surface area contributed by atoms with Crippen molar-refractivity contribution in [3.8, 4) is 5.75 Å². The normalized spacial score (nSPS) is 23.0. The summed E-state index contributed by atoms with van der Waals surface area (Å²) in [6, 6.07) is 9.46. The third-order valence-corrected chi connectivity index (χ3v) is 10.9. The number of likely N-dealkylation sites (N-methyl/N-ethyl adjacent to an activating group) is 3. The Morgan fingerprint density at radius 3 is 1.84 bits per heavy atom. The molecule has 1 aromatic heterocycles. The van der Waals surface area contributed by atoms with Crippen LogP contribution < -0.4 is 11.5 Å². The lowest BCUT2D eigenvalue weighted by atomic mass is 9.98. The summed E-state index contributed by atoms with van der Waals surface area (Å²) in [5.74, 6) is -6.84. The number of H-pyrrole nitrogens is 1. The van der Waals surface area contributed by atoms with Crippen molar-refractivity contribution in [2.24, 2.45) is 34.2 Å². The fourth-order valence-electron chi connectivity index (χ4n) is 7.35. The number of nitrogens with two attached hydrogens (primary N) is 2. The highest BCUT2D eigenvalue weighted by Crippen LogP contribution is 2.26. The summed E-state index contributed by atoms with van der Waals surface area (Å²) < 4.78 is 18.0. The van der Waals surface area contributed by atoms with Gasteiger partial charge in [0.1, 0.15) is 23.9 Å². The molecule has 0 radical (unpaired) electrons. The Morgan fingerprint density at radius 2 is 1.25 bits per heavy atom. The highest BCUT2D eigenvalue weighted by Gasteiger charge is 2.44. The second kappa shape index (κ2) is 20.9. The summed E-state index contributed by atoms with van der Waals surface area (Å²) in [4.78, 5) is 97.3. The summed E-state index contributed by atoms with van der Waals surface area (Å²) in [5, 5.41) is 10.8. The van der Waals surface area contributed by atoms with Crippen molar-refractivity contribution >= 4 is 52.5 Å². The van der Waals surface area contributed by atoms with Crippen molar-refractivity contribution < 1.29 is 48.1 Å². The molecule has 17 heteroatoms. The van der Waals surface area contributed by atoms with E-state index >= 15 is 0 Å².